The Morgan fingerprint density at radius 3 is 1.20 bits per heavy atom. The van der Waals surface area contributed by atoms with Gasteiger partial charge >= 0.3 is 5.97 Å². The van der Waals surface area contributed by atoms with Crippen LogP contribution in [0.25, 0.3) is 0 Å². The highest BCUT2D eigenvalue weighted by Crippen LogP contribution is 2.24. The van der Waals surface area contributed by atoms with E-state index in [0.29, 0.717) is 6.42 Å². The number of carboxylic acids is 1. The minimum absolute atomic E-state index is 0.00741. The van der Waals surface area contributed by atoms with Crippen molar-refractivity contribution in [2.75, 3.05) is 48.8 Å². The van der Waals surface area contributed by atoms with Crippen molar-refractivity contribution in [2.24, 2.45) is 41.4 Å². The largest absolute Gasteiger partial charge is 0.480 e. The fourth-order valence-corrected chi connectivity index (χ4v) is 10.3. The monoisotopic (exact) mass is 1240 g/mol. The standard InChI is InChI=1S/C62H113N11O14/c1-24-25-26-39(14)52(76)51(57(81)68-49(42(17)74)62(86)87)73(23)61(85)50(38(12)13)72(22)60(84)44(28-34(4)5)67-56(80)47(31-37(10)11)70(20)58(82)41(16)65-53(77)40(15)64-54(78)46(30-36(8)9)71(21)59(83)43(27-33(2)3)66-55(79)45(29-35(6)7)69(19)48(75)32-63-18/h24-25,33-47,49-52,63,74,76H,26-32H2,1-23H3,(H,64,78)(H,65,77)(H,66,79)(H,67,80)(H,68,81)(H,86,87)/t39-,40+,41-,42-,43+,44+,45+,46+,47+,49+,50+,51+,52-/m1/s1. The van der Waals surface area contributed by atoms with E-state index in [1.807, 2.05) is 69.2 Å². The number of carbonyl (C=O) groups is 11. The minimum Gasteiger partial charge on any atom is -0.480 e. The van der Waals surface area contributed by atoms with E-state index >= 15 is 0 Å². The number of nitrogens with zero attached hydrogens (tertiary/aromatic N) is 5. The lowest BCUT2D eigenvalue weighted by Crippen LogP contribution is -2.63. The smallest absolute Gasteiger partial charge is 0.328 e. The van der Waals surface area contributed by atoms with E-state index in [9.17, 15) is 68.1 Å². The Balaban J connectivity index is 6.84. The molecule has 0 saturated carbocycles. The van der Waals surface area contributed by atoms with Crippen molar-refractivity contribution in [3.63, 3.8) is 0 Å². The second-order valence-corrected chi connectivity index (χ2v) is 26.1. The van der Waals surface area contributed by atoms with E-state index in [4.69, 9.17) is 0 Å². The maximum Gasteiger partial charge on any atom is 0.328 e. The van der Waals surface area contributed by atoms with Crippen LogP contribution in [0.4, 0.5) is 0 Å². The molecule has 500 valence electrons. The van der Waals surface area contributed by atoms with E-state index in [1.54, 1.807) is 53.9 Å². The second kappa shape index (κ2) is 38.3. The topological polar surface area (TPSA) is 337 Å². The van der Waals surface area contributed by atoms with Crippen molar-refractivity contribution in [3.05, 3.63) is 12.2 Å². The molecule has 13 atom stereocenters. The van der Waals surface area contributed by atoms with Crippen LogP contribution in [0.15, 0.2) is 12.2 Å². The predicted octanol–water partition coefficient (Wildman–Crippen LogP) is 2.12. The highest BCUT2D eigenvalue weighted by molar-refractivity contribution is 5.99. The molecular weight excluding hydrogens is 1120 g/mol. The molecule has 0 spiro atoms. The molecule has 25 heteroatoms. The number of hydrogen-bond donors (Lipinski definition) is 9. The molecule has 9 N–H and O–H groups in total. The van der Waals surface area contributed by atoms with Crippen LogP contribution in [-0.2, 0) is 52.7 Å². The number of aliphatic hydroxyl groups is 2. The number of rotatable bonds is 38. The Morgan fingerprint density at radius 2 is 0.816 bits per heavy atom. The number of amides is 10. The number of aliphatic hydroxyl groups excluding tert-OH is 2. The lowest BCUT2D eigenvalue weighted by Gasteiger charge is -2.40. The average molecular weight is 1240 g/mol. The average Bonchev–Trinajstić information content (AvgIpc) is 1.71. The molecule has 25 nitrogen and oxygen atoms in total. The van der Waals surface area contributed by atoms with Crippen LogP contribution in [0, 0.1) is 41.4 Å². The normalized spacial score (nSPS) is 16.3. The first-order valence-corrected chi connectivity index (χ1v) is 30.8. The van der Waals surface area contributed by atoms with Gasteiger partial charge in [-0.2, -0.15) is 0 Å². The lowest BCUT2D eigenvalue weighted by molar-refractivity contribution is -0.155. The highest BCUT2D eigenvalue weighted by Gasteiger charge is 2.44. The SMILES string of the molecule is CC=CC[C@@H](C)[C@@H](O)[C@@H](C(=O)N[C@H](C(=O)O)[C@@H](C)O)N(C)C(=O)[C@H](C(C)C)N(C)C(=O)[C@H](CC(C)C)NC(=O)[C@H](CC(C)C)N(C)C(=O)[C@@H](C)NC(=O)[C@H](C)NC(=O)[C@H](CC(C)C)N(C)C(=O)[C@H](CC(C)C)NC(=O)[C@H](CC(C)C)N(C)C(=O)CNC. The first-order valence-electron chi connectivity index (χ1n) is 30.8. The van der Waals surface area contributed by atoms with Gasteiger partial charge in [0.15, 0.2) is 6.04 Å². The van der Waals surface area contributed by atoms with Crippen LogP contribution in [0.5, 0.6) is 0 Å². The summed E-state index contributed by atoms with van der Waals surface area (Å²) < 4.78 is 0. The predicted molar refractivity (Wildman–Crippen MR) is 334 cm³/mol. The third-order valence-corrected chi connectivity index (χ3v) is 15.3. The van der Waals surface area contributed by atoms with Crippen molar-refractivity contribution in [1.82, 2.24) is 56.4 Å². The Bertz CT molecular complexity index is 2310. The lowest BCUT2D eigenvalue weighted by atomic mass is 9.91. The Labute approximate surface area is 519 Å². The van der Waals surface area contributed by atoms with E-state index in [2.05, 4.69) is 31.9 Å². The maximum atomic E-state index is 14.7. The van der Waals surface area contributed by atoms with Gasteiger partial charge in [-0.3, -0.25) is 47.9 Å². The van der Waals surface area contributed by atoms with Crippen molar-refractivity contribution in [2.45, 2.75) is 229 Å². The van der Waals surface area contributed by atoms with Gasteiger partial charge in [0.25, 0.3) is 0 Å². The van der Waals surface area contributed by atoms with Gasteiger partial charge in [-0.05, 0) is 115 Å². The van der Waals surface area contributed by atoms with E-state index < -0.39 is 144 Å². The van der Waals surface area contributed by atoms with Gasteiger partial charge in [-0.25, -0.2) is 4.79 Å². The number of aliphatic carboxylic acids is 1. The first-order chi connectivity index (χ1) is 40.1. The number of allylic oxidation sites excluding steroid dienone is 2. The molecule has 0 radical (unpaired) electrons. The zero-order valence-corrected chi connectivity index (χ0v) is 56.6. The summed E-state index contributed by atoms with van der Waals surface area (Å²) in [6.45, 7) is 29.4. The molecule has 0 bridgehead atoms. The van der Waals surface area contributed by atoms with Crippen LogP contribution in [0.1, 0.15) is 156 Å². The second-order valence-electron chi connectivity index (χ2n) is 26.1. The van der Waals surface area contributed by atoms with Gasteiger partial charge in [0.1, 0.15) is 54.4 Å². The zero-order chi connectivity index (χ0) is 67.8. The third kappa shape index (κ3) is 25.8. The summed E-state index contributed by atoms with van der Waals surface area (Å²) in [5.74, 6) is -10.00. The summed E-state index contributed by atoms with van der Waals surface area (Å²) in [6, 6.07) is -12.7. The number of carboxylic acid groups (broad SMARTS) is 1. The molecule has 10 amide bonds. The number of hydrogen-bond acceptors (Lipinski definition) is 14. The Morgan fingerprint density at radius 1 is 0.437 bits per heavy atom. The van der Waals surface area contributed by atoms with Gasteiger partial charge in [0.2, 0.25) is 59.1 Å². The molecule has 0 fully saturated rings. The molecule has 0 saturated heterocycles. The van der Waals surface area contributed by atoms with Crippen molar-refractivity contribution < 1.29 is 68.1 Å². The molecular formula is C62H113N11O14. The fourth-order valence-electron chi connectivity index (χ4n) is 10.3. The molecule has 0 aromatic rings. The molecule has 87 heavy (non-hydrogen) atoms. The first kappa shape index (κ1) is 80.8. The van der Waals surface area contributed by atoms with Gasteiger partial charge < -0.3 is 71.7 Å². The van der Waals surface area contributed by atoms with Crippen LogP contribution in [0.2, 0.25) is 0 Å². The van der Waals surface area contributed by atoms with Crippen LogP contribution >= 0.6 is 0 Å². The van der Waals surface area contributed by atoms with Gasteiger partial charge in [0.05, 0.1) is 18.8 Å². The quantitative estimate of drug-likeness (QED) is 0.0400. The molecule has 0 aromatic heterocycles. The summed E-state index contributed by atoms with van der Waals surface area (Å²) in [6.07, 6.45) is 1.64. The van der Waals surface area contributed by atoms with E-state index in [-0.39, 0.29) is 74.1 Å². The maximum absolute atomic E-state index is 14.7. The van der Waals surface area contributed by atoms with Crippen molar-refractivity contribution in [3.8, 4) is 0 Å². The summed E-state index contributed by atoms with van der Waals surface area (Å²) in [7, 11) is 8.64. The van der Waals surface area contributed by atoms with Gasteiger partial charge in [-0.15, -0.1) is 0 Å². The number of likely N-dealkylation sites (N-methyl/N-ethyl adjacent to an activating group) is 6. The van der Waals surface area contributed by atoms with Crippen LogP contribution in [0.3, 0.4) is 0 Å². The molecule has 0 aliphatic carbocycles. The summed E-state index contributed by atoms with van der Waals surface area (Å²) in [5.41, 5.74) is 0. The number of nitrogens with one attached hydrogen (secondary N) is 6. The Hall–Kier alpha value is -6.21. The molecule has 0 heterocycles. The van der Waals surface area contributed by atoms with Crippen molar-refractivity contribution >= 4 is 65.0 Å². The summed E-state index contributed by atoms with van der Waals surface area (Å²) in [4.78, 5) is 159. The van der Waals surface area contributed by atoms with Crippen LogP contribution < -0.4 is 31.9 Å². The number of carbonyl (C=O) groups excluding carboxylic acids is 10. The third-order valence-electron chi connectivity index (χ3n) is 15.3. The molecule has 0 unspecified atom stereocenters. The van der Waals surface area contributed by atoms with Gasteiger partial charge in [0, 0.05) is 35.2 Å². The highest BCUT2D eigenvalue weighted by atomic mass is 16.4. The molecule has 0 rings (SSSR count). The van der Waals surface area contributed by atoms with Crippen LogP contribution in [-0.4, -0.2) is 226 Å². The van der Waals surface area contributed by atoms with Gasteiger partial charge in [-0.1, -0.05) is 102 Å². The zero-order valence-electron chi connectivity index (χ0n) is 56.6. The van der Waals surface area contributed by atoms with Crippen molar-refractivity contribution in [1.29, 1.82) is 0 Å². The fraction of sp³-hybridized carbons (Fsp3) is 0.790. The Kier molecular flexibility index (Phi) is 35.5. The molecule has 0 aromatic carbocycles. The minimum atomic E-state index is -1.78. The summed E-state index contributed by atoms with van der Waals surface area (Å²) in [5, 5.41) is 47.7. The molecule has 0 aliphatic heterocycles. The summed E-state index contributed by atoms with van der Waals surface area (Å²) >= 11 is 0. The molecule has 0 aliphatic rings. The van der Waals surface area contributed by atoms with E-state index in [0.717, 1.165) is 9.80 Å². The van der Waals surface area contributed by atoms with E-state index in [1.165, 1.54) is 63.7 Å².